The molecule has 0 radical (unpaired) electrons. The monoisotopic (exact) mass is 450 g/mol. The van der Waals surface area contributed by atoms with Gasteiger partial charge in [0, 0.05) is 29.8 Å². The first-order valence-electron chi connectivity index (χ1n) is 9.97. The van der Waals surface area contributed by atoms with Crippen molar-refractivity contribution in [2.75, 3.05) is 6.54 Å². The number of aromatic hydroxyl groups is 2. The summed E-state index contributed by atoms with van der Waals surface area (Å²) in [5, 5.41) is 22.6. The van der Waals surface area contributed by atoms with Crippen molar-refractivity contribution in [3.05, 3.63) is 89.6 Å². The molecule has 0 saturated carbocycles. The summed E-state index contributed by atoms with van der Waals surface area (Å²) < 4.78 is 27.5. The molecule has 0 spiro atoms. The molecule has 0 atom stereocenters. The SMILES string of the molecule is Cc1ccc(S(=O)(=O)n2ccc3ccc(CCNC(=O)c4cc(O)cc(O)c4)cc32)cc1. The van der Waals surface area contributed by atoms with Gasteiger partial charge in [-0.3, -0.25) is 4.79 Å². The molecule has 0 unspecified atom stereocenters. The third kappa shape index (κ3) is 4.31. The number of hydrogen-bond acceptors (Lipinski definition) is 5. The maximum absolute atomic E-state index is 13.1. The van der Waals surface area contributed by atoms with Crippen LogP contribution in [0.25, 0.3) is 10.9 Å². The van der Waals surface area contributed by atoms with E-state index in [4.69, 9.17) is 0 Å². The van der Waals surface area contributed by atoms with E-state index in [0.29, 0.717) is 18.5 Å². The van der Waals surface area contributed by atoms with Crippen LogP contribution in [0.15, 0.2) is 77.8 Å². The van der Waals surface area contributed by atoms with Crippen LogP contribution >= 0.6 is 0 Å². The second-order valence-electron chi connectivity index (χ2n) is 7.57. The second kappa shape index (κ2) is 8.39. The maximum Gasteiger partial charge on any atom is 0.268 e. The predicted molar refractivity (Wildman–Crippen MR) is 122 cm³/mol. The zero-order valence-electron chi connectivity index (χ0n) is 17.3. The van der Waals surface area contributed by atoms with Crippen molar-refractivity contribution in [3.8, 4) is 11.5 Å². The molecule has 8 heteroatoms. The molecule has 3 aromatic carbocycles. The second-order valence-corrected chi connectivity index (χ2v) is 9.38. The summed E-state index contributed by atoms with van der Waals surface area (Å²) in [6.07, 6.45) is 2.02. The summed E-state index contributed by atoms with van der Waals surface area (Å²) in [5.74, 6) is -0.824. The third-order valence-corrected chi connectivity index (χ3v) is 6.87. The maximum atomic E-state index is 13.1. The molecule has 1 aromatic heterocycles. The number of amides is 1. The van der Waals surface area contributed by atoms with Gasteiger partial charge in [0.05, 0.1) is 10.4 Å². The van der Waals surface area contributed by atoms with Crippen molar-refractivity contribution in [2.24, 2.45) is 0 Å². The molecule has 4 rings (SSSR count). The Labute approximate surface area is 185 Å². The molecule has 1 amide bonds. The topological polar surface area (TPSA) is 109 Å². The molecule has 164 valence electrons. The van der Waals surface area contributed by atoms with Crippen LogP contribution in [0, 0.1) is 6.92 Å². The molecule has 7 nitrogen and oxygen atoms in total. The number of carbonyl (C=O) groups is 1. The number of hydrogen-bond donors (Lipinski definition) is 3. The molecule has 0 aliphatic heterocycles. The lowest BCUT2D eigenvalue weighted by atomic mass is 10.1. The average molecular weight is 451 g/mol. The molecular formula is C24H22N2O5S. The number of phenols is 2. The summed E-state index contributed by atoms with van der Waals surface area (Å²) in [5.41, 5.74) is 2.55. The Kier molecular flexibility index (Phi) is 5.63. The fourth-order valence-electron chi connectivity index (χ4n) is 3.49. The van der Waals surface area contributed by atoms with Crippen LogP contribution in [-0.4, -0.2) is 35.1 Å². The molecule has 1 heterocycles. The highest BCUT2D eigenvalue weighted by atomic mass is 32.2. The summed E-state index contributed by atoms with van der Waals surface area (Å²) in [7, 11) is -3.73. The van der Waals surface area contributed by atoms with Gasteiger partial charge in [0.1, 0.15) is 11.5 Å². The standard InChI is InChI=1S/C24H22N2O5S/c1-16-2-6-22(7-3-16)32(30,31)26-11-9-18-5-4-17(12-23(18)26)8-10-25-24(29)19-13-20(27)15-21(28)14-19/h2-7,9,11-15,27-28H,8,10H2,1H3,(H,25,29). The summed E-state index contributed by atoms with van der Waals surface area (Å²) >= 11 is 0. The molecule has 0 bridgehead atoms. The van der Waals surface area contributed by atoms with Crippen molar-refractivity contribution in [1.29, 1.82) is 0 Å². The molecule has 4 aromatic rings. The number of carbonyl (C=O) groups excluding carboxylic acids is 1. The van der Waals surface area contributed by atoms with E-state index in [2.05, 4.69) is 5.32 Å². The van der Waals surface area contributed by atoms with E-state index >= 15 is 0 Å². The van der Waals surface area contributed by atoms with Crippen LogP contribution in [0.1, 0.15) is 21.5 Å². The highest BCUT2D eigenvalue weighted by Crippen LogP contribution is 2.24. The van der Waals surface area contributed by atoms with Gasteiger partial charge in [-0.15, -0.1) is 0 Å². The molecule has 3 N–H and O–H groups in total. The van der Waals surface area contributed by atoms with E-state index in [1.807, 2.05) is 19.1 Å². The summed E-state index contributed by atoms with van der Waals surface area (Å²) in [4.78, 5) is 12.5. The minimum Gasteiger partial charge on any atom is -0.508 e. The van der Waals surface area contributed by atoms with Crippen molar-refractivity contribution >= 4 is 26.8 Å². The number of aromatic nitrogens is 1. The van der Waals surface area contributed by atoms with E-state index in [9.17, 15) is 23.4 Å². The van der Waals surface area contributed by atoms with Gasteiger partial charge in [-0.2, -0.15) is 0 Å². The minimum atomic E-state index is -3.73. The molecule has 32 heavy (non-hydrogen) atoms. The summed E-state index contributed by atoms with van der Waals surface area (Å²) in [6, 6.07) is 17.7. The molecule has 0 saturated heterocycles. The van der Waals surface area contributed by atoms with E-state index in [1.54, 1.807) is 42.6 Å². The Balaban J connectivity index is 1.52. The fourth-order valence-corrected chi connectivity index (χ4v) is 4.83. The first-order chi connectivity index (χ1) is 15.2. The molecule has 0 aliphatic carbocycles. The number of nitrogens with zero attached hydrogens (tertiary/aromatic N) is 1. The van der Waals surface area contributed by atoms with Gasteiger partial charge in [0.2, 0.25) is 0 Å². The lowest BCUT2D eigenvalue weighted by molar-refractivity contribution is 0.0953. The van der Waals surface area contributed by atoms with Crippen LogP contribution in [-0.2, 0) is 16.4 Å². The minimum absolute atomic E-state index is 0.149. The van der Waals surface area contributed by atoms with E-state index in [0.717, 1.165) is 22.6 Å². The van der Waals surface area contributed by atoms with Crippen LogP contribution in [0.2, 0.25) is 0 Å². The highest BCUT2D eigenvalue weighted by Gasteiger charge is 2.19. The van der Waals surface area contributed by atoms with Crippen molar-refractivity contribution in [2.45, 2.75) is 18.2 Å². The van der Waals surface area contributed by atoms with Gasteiger partial charge in [-0.05, 0) is 55.3 Å². The Morgan fingerprint density at radius 3 is 2.31 bits per heavy atom. The Bertz CT molecular complexity index is 1390. The molecule has 0 fully saturated rings. The number of benzene rings is 3. The van der Waals surface area contributed by atoms with E-state index in [1.165, 1.54) is 16.1 Å². The van der Waals surface area contributed by atoms with Crippen LogP contribution in [0.5, 0.6) is 11.5 Å². The molecule has 0 aliphatic rings. The lowest BCUT2D eigenvalue weighted by Gasteiger charge is -2.10. The van der Waals surface area contributed by atoms with E-state index < -0.39 is 15.9 Å². The van der Waals surface area contributed by atoms with Gasteiger partial charge in [0.25, 0.3) is 15.9 Å². The lowest BCUT2D eigenvalue weighted by Crippen LogP contribution is -2.25. The van der Waals surface area contributed by atoms with Gasteiger partial charge >= 0.3 is 0 Å². The highest BCUT2D eigenvalue weighted by molar-refractivity contribution is 7.90. The van der Waals surface area contributed by atoms with Crippen LogP contribution in [0.4, 0.5) is 0 Å². The average Bonchev–Trinajstić information content (AvgIpc) is 3.17. The Morgan fingerprint density at radius 2 is 1.62 bits per heavy atom. The zero-order chi connectivity index (χ0) is 22.9. The number of nitrogens with one attached hydrogen (secondary N) is 1. The largest absolute Gasteiger partial charge is 0.508 e. The first kappa shape index (κ1) is 21.5. The zero-order valence-corrected chi connectivity index (χ0v) is 18.1. The number of rotatable bonds is 6. The number of phenolic OH excluding ortho intramolecular Hbond substituents is 2. The number of fused-ring (bicyclic) bond motifs is 1. The quantitative estimate of drug-likeness (QED) is 0.416. The normalized spacial score (nSPS) is 11.5. The number of aryl methyl sites for hydroxylation is 1. The van der Waals surface area contributed by atoms with Crippen LogP contribution in [0.3, 0.4) is 0 Å². The fraction of sp³-hybridized carbons (Fsp3) is 0.125. The van der Waals surface area contributed by atoms with E-state index in [-0.39, 0.29) is 22.0 Å². The Hall–Kier alpha value is -3.78. The first-order valence-corrected chi connectivity index (χ1v) is 11.4. The smallest absolute Gasteiger partial charge is 0.268 e. The van der Waals surface area contributed by atoms with Gasteiger partial charge in [0.15, 0.2) is 0 Å². The van der Waals surface area contributed by atoms with Gasteiger partial charge in [-0.25, -0.2) is 12.4 Å². The van der Waals surface area contributed by atoms with Gasteiger partial charge < -0.3 is 15.5 Å². The van der Waals surface area contributed by atoms with Crippen molar-refractivity contribution in [3.63, 3.8) is 0 Å². The third-order valence-electron chi connectivity index (χ3n) is 5.16. The molecular weight excluding hydrogens is 428 g/mol. The Morgan fingerprint density at radius 1 is 0.938 bits per heavy atom. The van der Waals surface area contributed by atoms with Gasteiger partial charge in [-0.1, -0.05) is 29.8 Å². The predicted octanol–water partition coefficient (Wildman–Crippen LogP) is 3.57. The van der Waals surface area contributed by atoms with Crippen molar-refractivity contribution < 1.29 is 23.4 Å². The summed E-state index contributed by atoms with van der Waals surface area (Å²) in [6.45, 7) is 2.20. The van der Waals surface area contributed by atoms with Crippen molar-refractivity contribution in [1.82, 2.24) is 9.29 Å². The van der Waals surface area contributed by atoms with Crippen LogP contribution < -0.4 is 5.32 Å².